The van der Waals surface area contributed by atoms with Crippen LogP contribution in [0.15, 0.2) is 24.3 Å². The molecule has 15 heavy (non-hydrogen) atoms. The maximum absolute atomic E-state index is 9.23. The van der Waals surface area contributed by atoms with Crippen molar-refractivity contribution < 1.29 is 5.11 Å². The van der Waals surface area contributed by atoms with Crippen molar-refractivity contribution in [2.24, 2.45) is 0 Å². The monoisotopic (exact) mass is 205 g/mol. The number of benzene rings is 1. The van der Waals surface area contributed by atoms with Crippen LogP contribution in [0.4, 0.5) is 0 Å². The van der Waals surface area contributed by atoms with Crippen molar-refractivity contribution in [1.29, 1.82) is 0 Å². The molecule has 0 radical (unpaired) electrons. The number of rotatable bonds is 3. The van der Waals surface area contributed by atoms with E-state index < -0.39 is 0 Å². The lowest BCUT2D eigenvalue weighted by Gasteiger charge is -2.22. The molecular formula is C13H19NO. The fraction of sp³-hybridized carbons (Fsp3) is 0.538. The molecule has 1 N–H and O–H groups in total. The van der Waals surface area contributed by atoms with Crippen LogP contribution in [0.2, 0.25) is 0 Å². The van der Waals surface area contributed by atoms with E-state index in [1.165, 1.54) is 17.5 Å². The van der Waals surface area contributed by atoms with Gasteiger partial charge in [-0.2, -0.15) is 0 Å². The first-order chi connectivity index (χ1) is 7.29. The van der Waals surface area contributed by atoms with Crippen LogP contribution in [0.25, 0.3) is 0 Å². The minimum Gasteiger partial charge on any atom is -0.395 e. The van der Waals surface area contributed by atoms with Crippen molar-refractivity contribution >= 4 is 0 Å². The molecule has 0 spiro atoms. The van der Waals surface area contributed by atoms with Crippen molar-refractivity contribution in [2.75, 3.05) is 13.2 Å². The summed E-state index contributed by atoms with van der Waals surface area (Å²) in [4.78, 5) is 2.38. The van der Waals surface area contributed by atoms with Crippen LogP contribution < -0.4 is 0 Å². The fourth-order valence-electron chi connectivity index (χ4n) is 2.36. The van der Waals surface area contributed by atoms with E-state index in [-0.39, 0.29) is 0 Å². The highest BCUT2D eigenvalue weighted by Gasteiger charge is 2.23. The third-order valence-electron chi connectivity index (χ3n) is 3.18. The van der Waals surface area contributed by atoms with Crippen LogP contribution in [0.5, 0.6) is 0 Å². The Hall–Kier alpha value is -0.860. The van der Waals surface area contributed by atoms with Gasteiger partial charge in [-0.25, -0.2) is 0 Å². The molecule has 0 bridgehead atoms. The van der Waals surface area contributed by atoms with Crippen molar-refractivity contribution in [1.82, 2.24) is 4.90 Å². The van der Waals surface area contributed by atoms with E-state index in [0.717, 1.165) is 19.5 Å². The first kappa shape index (κ1) is 10.7. The maximum Gasteiger partial charge on any atom is 0.0587 e. The molecule has 2 heteroatoms. The number of aliphatic hydroxyl groups excluding tert-OH is 1. The number of likely N-dealkylation sites (tertiary alicyclic amines) is 1. The number of aryl methyl sites for hydroxylation is 1. The molecule has 2 nitrogen and oxygen atoms in total. The Morgan fingerprint density at radius 3 is 3.07 bits per heavy atom. The van der Waals surface area contributed by atoms with Crippen LogP contribution in [0, 0.1) is 6.92 Å². The number of hydrogen-bond donors (Lipinski definition) is 1. The van der Waals surface area contributed by atoms with Gasteiger partial charge in [0.25, 0.3) is 0 Å². The highest BCUT2D eigenvalue weighted by atomic mass is 16.3. The van der Waals surface area contributed by atoms with Crippen LogP contribution in [0.1, 0.15) is 24.0 Å². The molecule has 1 unspecified atom stereocenters. The van der Waals surface area contributed by atoms with Gasteiger partial charge in [-0.3, -0.25) is 4.90 Å². The summed E-state index contributed by atoms with van der Waals surface area (Å²) in [6.45, 7) is 4.52. The smallest absolute Gasteiger partial charge is 0.0587 e. The summed E-state index contributed by atoms with van der Waals surface area (Å²) in [7, 11) is 0. The first-order valence-electron chi connectivity index (χ1n) is 5.70. The Bertz CT molecular complexity index is 324. The van der Waals surface area contributed by atoms with Gasteiger partial charge in [0.2, 0.25) is 0 Å². The van der Waals surface area contributed by atoms with Gasteiger partial charge in [0.1, 0.15) is 0 Å². The largest absolute Gasteiger partial charge is 0.395 e. The first-order valence-corrected chi connectivity index (χ1v) is 5.70. The molecule has 1 aromatic rings. The predicted octanol–water partition coefficient (Wildman–Crippen LogP) is 1.95. The summed E-state index contributed by atoms with van der Waals surface area (Å²) in [6, 6.07) is 9.00. The van der Waals surface area contributed by atoms with E-state index in [1.54, 1.807) is 0 Å². The van der Waals surface area contributed by atoms with Gasteiger partial charge >= 0.3 is 0 Å². The SMILES string of the molecule is Cc1cccc(CN2CCCC2CO)c1. The van der Waals surface area contributed by atoms with Crippen LogP contribution in [0.3, 0.4) is 0 Å². The van der Waals surface area contributed by atoms with Gasteiger partial charge in [0.05, 0.1) is 6.61 Å². The lowest BCUT2D eigenvalue weighted by molar-refractivity contribution is 0.153. The van der Waals surface area contributed by atoms with Gasteiger partial charge in [-0.05, 0) is 31.9 Å². The minimum atomic E-state index is 0.297. The van der Waals surface area contributed by atoms with Crippen molar-refractivity contribution in [3.63, 3.8) is 0 Å². The predicted molar refractivity (Wildman–Crippen MR) is 61.7 cm³/mol. The van der Waals surface area contributed by atoms with Gasteiger partial charge in [-0.1, -0.05) is 29.8 Å². The number of hydrogen-bond acceptors (Lipinski definition) is 2. The zero-order valence-electron chi connectivity index (χ0n) is 9.32. The van der Waals surface area contributed by atoms with Crippen LogP contribution in [-0.2, 0) is 6.54 Å². The lowest BCUT2D eigenvalue weighted by atomic mass is 10.1. The second-order valence-electron chi connectivity index (χ2n) is 4.44. The summed E-state index contributed by atoms with van der Waals surface area (Å²) in [5.74, 6) is 0. The van der Waals surface area contributed by atoms with Crippen molar-refractivity contribution in [3.8, 4) is 0 Å². The summed E-state index contributed by atoms with van der Waals surface area (Å²) in [5, 5.41) is 9.23. The summed E-state index contributed by atoms with van der Waals surface area (Å²) >= 11 is 0. The summed E-state index contributed by atoms with van der Waals surface area (Å²) in [5.41, 5.74) is 2.67. The molecule has 1 atom stereocenters. The molecule has 0 saturated carbocycles. The molecule has 1 fully saturated rings. The normalized spacial score (nSPS) is 22.1. The topological polar surface area (TPSA) is 23.5 Å². The lowest BCUT2D eigenvalue weighted by Crippen LogP contribution is -2.31. The molecule has 1 saturated heterocycles. The third-order valence-corrected chi connectivity index (χ3v) is 3.18. The zero-order valence-corrected chi connectivity index (χ0v) is 9.32. The molecule has 1 aromatic carbocycles. The molecular weight excluding hydrogens is 186 g/mol. The van der Waals surface area contributed by atoms with E-state index in [0.29, 0.717) is 12.6 Å². The Morgan fingerprint density at radius 1 is 1.47 bits per heavy atom. The Labute approximate surface area is 91.5 Å². The zero-order chi connectivity index (χ0) is 10.7. The minimum absolute atomic E-state index is 0.297. The van der Waals surface area contributed by atoms with Gasteiger partial charge < -0.3 is 5.11 Å². The standard InChI is InChI=1S/C13H19NO/c1-11-4-2-5-12(8-11)9-14-7-3-6-13(14)10-15/h2,4-5,8,13,15H,3,6-7,9-10H2,1H3. The van der Waals surface area contributed by atoms with Crippen molar-refractivity contribution in [2.45, 2.75) is 32.4 Å². The van der Waals surface area contributed by atoms with Gasteiger partial charge in [0, 0.05) is 12.6 Å². The Balaban J connectivity index is 2.02. The summed E-state index contributed by atoms with van der Waals surface area (Å²) < 4.78 is 0. The van der Waals surface area contributed by atoms with Crippen LogP contribution in [-0.4, -0.2) is 29.2 Å². The molecule has 1 aliphatic rings. The fourth-order valence-corrected chi connectivity index (χ4v) is 2.36. The highest BCUT2D eigenvalue weighted by molar-refractivity contribution is 5.22. The molecule has 2 rings (SSSR count). The molecule has 1 aliphatic heterocycles. The van der Waals surface area contributed by atoms with Crippen LogP contribution >= 0.6 is 0 Å². The van der Waals surface area contributed by atoms with E-state index in [2.05, 4.69) is 36.1 Å². The molecule has 0 aromatic heterocycles. The average Bonchev–Trinajstić information content (AvgIpc) is 2.65. The molecule has 0 amide bonds. The second kappa shape index (κ2) is 4.77. The highest BCUT2D eigenvalue weighted by Crippen LogP contribution is 2.19. The maximum atomic E-state index is 9.23. The second-order valence-corrected chi connectivity index (χ2v) is 4.44. The van der Waals surface area contributed by atoms with Gasteiger partial charge in [-0.15, -0.1) is 0 Å². The Kier molecular flexibility index (Phi) is 3.39. The third kappa shape index (κ3) is 2.58. The van der Waals surface area contributed by atoms with E-state index >= 15 is 0 Å². The number of aliphatic hydroxyl groups is 1. The molecule has 82 valence electrons. The van der Waals surface area contributed by atoms with Crippen molar-refractivity contribution in [3.05, 3.63) is 35.4 Å². The van der Waals surface area contributed by atoms with E-state index in [9.17, 15) is 5.11 Å². The quantitative estimate of drug-likeness (QED) is 0.815. The van der Waals surface area contributed by atoms with E-state index in [4.69, 9.17) is 0 Å². The van der Waals surface area contributed by atoms with Gasteiger partial charge in [0.15, 0.2) is 0 Å². The molecule has 1 heterocycles. The summed E-state index contributed by atoms with van der Waals surface area (Å²) in [6.07, 6.45) is 2.36. The molecule has 0 aliphatic carbocycles. The van der Waals surface area contributed by atoms with E-state index in [1.807, 2.05) is 0 Å². The Morgan fingerprint density at radius 2 is 2.33 bits per heavy atom. The number of nitrogens with zero attached hydrogens (tertiary/aromatic N) is 1. The average molecular weight is 205 g/mol.